The Morgan fingerprint density at radius 3 is 1.80 bits per heavy atom. The fourth-order valence-corrected chi connectivity index (χ4v) is 6.25. The summed E-state index contributed by atoms with van der Waals surface area (Å²) in [5, 5.41) is 0. The molecule has 0 aromatic rings. The van der Waals surface area contributed by atoms with E-state index in [0.29, 0.717) is 0 Å². The van der Waals surface area contributed by atoms with Crippen LogP contribution < -0.4 is 0 Å². The summed E-state index contributed by atoms with van der Waals surface area (Å²) in [6.45, 7) is 4.57. The second-order valence-electron chi connectivity index (χ2n) is 4.05. The molecule has 2 aliphatic rings. The van der Waals surface area contributed by atoms with Gasteiger partial charge in [0.2, 0.25) is 0 Å². The molecule has 0 nitrogen and oxygen atoms in total. The van der Waals surface area contributed by atoms with Gasteiger partial charge in [-0.2, -0.15) is 0 Å². The van der Waals surface area contributed by atoms with Gasteiger partial charge < -0.3 is 0 Å². The predicted octanol–water partition coefficient (Wildman–Crippen LogP) is 4.32. The second kappa shape index (κ2) is 5.26. The molecule has 0 unspecified atom stereocenters. The Morgan fingerprint density at radius 1 is 0.933 bits per heavy atom. The van der Waals surface area contributed by atoms with Gasteiger partial charge in [-0.25, -0.2) is 0 Å². The van der Waals surface area contributed by atoms with E-state index in [-0.39, 0.29) is 0 Å². The standard InChI is InChI=1S/2C7H9.Zr/c2*1-2-7-5-3-4-6-7;/h2*3,5H,2,4H2,1H3;. The fourth-order valence-electron chi connectivity index (χ4n) is 2.21. The number of allylic oxidation sites excluding steroid dienone is 8. The normalized spacial score (nSPS) is 19.6. The monoisotopic (exact) mass is 276 g/mol. The molecule has 0 heterocycles. The Labute approximate surface area is 104 Å². The Kier molecular flexibility index (Phi) is 3.97. The summed E-state index contributed by atoms with van der Waals surface area (Å²) < 4.78 is 3.65. The first-order valence-electron chi connectivity index (χ1n) is 5.89. The molecule has 0 saturated heterocycles. The molecular weight excluding hydrogens is 259 g/mol. The van der Waals surface area contributed by atoms with Gasteiger partial charge in [-0.3, -0.25) is 0 Å². The molecule has 0 amide bonds. The molecule has 2 rings (SSSR count). The number of hydrogen-bond acceptors (Lipinski definition) is 0. The molecule has 0 spiro atoms. The average Bonchev–Trinajstić information content (AvgIpc) is 2.87. The van der Waals surface area contributed by atoms with Crippen LogP contribution in [-0.2, 0) is 23.2 Å². The minimum absolute atomic E-state index is 0.417. The predicted molar refractivity (Wildman–Crippen MR) is 62.1 cm³/mol. The van der Waals surface area contributed by atoms with Crippen LogP contribution in [0.2, 0.25) is 0 Å². The molecule has 0 fully saturated rings. The fraction of sp³-hybridized carbons (Fsp3) is 0.429. The van der Waals surface area contributed by atoms with Crippen molar-refractivity contribution in [3.05, 3.63) is 42.0 Å². The van der Waals surface area contributed by atoms with Crippen LogP contribution in [0.3, 0.4) is 0 Å². The summed E-state index contributed by atoms with van der Waals surface area (Å²) in [5.41, 5.74) is 3.30. The number of rotatable bonds is 4. The topological polar surface area (TPSA) is 0 Å². The van der Waals surface area contributed by atoms with Crippen molar-refractivity contribution < 1.29 is 23.2 Å². The van der Waals surface area contributed by atoms with Crippen molar-refractivity contribution in [2.45, 2.75) is 39.5 Å². The van der Waals surface area contributed by atoms with Gasteiger partial charge >= 0.3 is 105 Å². The van der Waals surface area contributed by atoms with Crippen molar-refractivity contribution in [1.29, 1.82) is 0 Å². The van der Waals surface area contributed by atoms with E-state index < -0.39 is 23.2 Å². The molecule has 15 heavy (non-hydrogen) atoms. The zero-order chi connectivity index (χ0) is 10.7. The van der Waals surface area contributed by atoms with Gasteiger partial charge in [-0.1, -0.05) is 0 Å². The average molecular weight is 278 g/mol. The van der Waals surface area contributed by atoms with E-state index >= 15 is 0 Å². The zero-order valence-electron chi connectivity index (χ0n) is 9.64. The molecule has 2 aliphatic carbocycles. The van der Waals surface area contributed by atoms with Crippen LogP contribution in [-0.4, -0.2) is 0 Å². The molecule has 0 aromatic heterocycles. The van der Waals surface area contributed by atoms with E-state index in [1.165, 1.54) is 25.7 Å². The van der Waals surface area contributed by atoms with Crippen molar-refractivity contribution in [2.24, 2.45) is 0 Å². The van der Waals surface area contributed by atoms with Gasteiger partial charge in [0.05, 0.1) is 0 Å². The summed E-state index contributed by atoms with van der Waals surface area (Å²) in [6.07, 6.45) is 14.4. The Morgan fingerprint density at radius 2 is 1.40 bits per heavy atom. The summed E-state index contributed by atoms with van der Waals surface area (Å²) in [6, 6.07) is 0. The molecular formula is C14H18Zr. The maximum atomic E-state index is 2.35. The van der Waals surface area contributed by atoms with Crippen LogP contribution in [0.4, 0.5) is 0 Å². The second-order valence-corrected chi connectivity index (χ2v) is 7.63. The van der Waals surface area contributed by atoms with E-state index in [4.69, 9.17) is 0 Å². The van der Waals surface area contributed by atoms with Crippen molar-refractivity contribution in [3.63, 3.8) is 0 Å². The summed E-state index contributed by atoms with van der Waals surface area (Å²) in [4.78, 5) is 0. The van der Waals surface area contributed by atoms with Crippen LogP contribution in [0.25, 0.3) is 0 Å². The third-order valence-electron chi connectivity index (χ3n) is 3.12. The van der Waals surface area contributed by atoms with Gasteiger partial charge in [0.15, 0.2) is 0 Å². The first kappa shape index (κ1) is 11.3. The molecule has 1 heteroatoms. The molecule has 0 aromatic carbocycles. The van der Waals surface area contributed by atoms with E-state index in [1.54, 1.807) is 11.1 Å². The zero-order valence-corrected chi connectivity index (χ0v) is 12.1. The SMILES string of the molecule is CCC1=[C]([Zr][C]2=C(CC)C=CC2)CC=C1. The summed E-state index contributed by atoms with van der Waals surface area (Å²) in [7, 11) is 0. The van der Waals surface area contributed by atoms with Crippen molar-refractivity contribution in [3.8, 4) is 0 Å². The molecule has 78 valence electrons. The van der Waals surface area contributed by atoms with E-state index in [9.17, 15) is 0 Å². The third kappa shape index (κ3) is 2.50. The summed E-state index contributed by atoms with van der Waals surface area (Å²) in [5.74, 6) is 0. The molecule has 0 aliphatic heterocycles. The van der Waals surface area contributed by atoms with E-state index in [1.807, 2.05) is 6.56 Å². The van der Waals surface area contributed by atoms with Gasteiger partial charge in [0.1, 0.15) is 0 Å². The van der Waals surface area contributed by atoms with Crippen molar-refractivity contribution in [1.82, 2.24) is 0 Å². The minimum atomic E-state index is -0.417. The maximum absolute atomic E-state index is 2.35. The van der Waals surface area contributed by atoms with Gasteiger partial charge in [0.25, 0.3) is 0 Å². The van der Waals surface area contributed by atoms with Crippen LogP contribution in [0.15, 0.2) is 42.0 Å². The first-order chi connectivity index (χ1) is 7.35. The Balaban J connectivity index is 2.10. The molecule has 0 N–H and O–H groups in total. The van der Waals surface area contributed by atoms with Gasteiger partial charge in [0, 0.05) is 0 Å². The van der Waals surface area contributed by atoms with Crippen LogP contribution in [0.1, 0.15) is 39.5 Å². The molecule has 0 radical (unpaired) electrons. The van der Waals surface area contributed by atoms with Crippen molar-refractivity contribution in [2.75, 3.05) is 0 Å². The van der Waals surface area contributed by atoms with Gasteiger partial charge in [-0.05, 0) is 0 Å². The van der Waals surface area contributed by atoms with Crippen LogP contribution >= 0.6 is 0 Å². The Hall–Kier alpha value is -0.157. The number of hydrogen-bond donors (Lipinski definition) is 0. The molecule has 0 bridgehead atoms. The third-order valence-corrected chi connectivity index (χ3v) is 7.19. The Bertz CT molecular complexity index is 331. The van der Waals surface area contributed by atoms with E-state index in [2.05, 4.69) is 38.2 Å². The van der Waals surface area contributed by atoms with Crippen LogP contribution in [0.5, 0.6) is 0 Å². The van der Waals surface area contributed by atoms with Crippen LogP contribution in [0, 0.1) is 0 Å². The van der Waals surface area contributed by atoms with Gasteiger partial charge in [-0.15, -0.1) is 0 Å². The van der Waals surface area contributed by atoms with Crippen molar-refractivity contribution >= 4 is 0 Å². The van der Waals surface area contributed by atoms with E-state index in [0.717, 1.165) is 0 Å². The molecule has 0 atom stereocenters. The quantitative estimate of drug-likeness (QED) is 0.718. The summed E-state index contributed by atoms with van der Waals surface area (Å²) >= 11 is -0.417. The molecule has 0 saturated carbocycles. The first-order valence-corrected chi connectivity index (χ1v) is 8.35.